The first-order valence-corrected chi connectivity index (χ1v) is 9.80. The number of aromatic nitrogens is 4. The number of nitrogens with zero attached hydrogens (tertiary/aromatic N) is 4. The third kappa shape index (κ3) is 3.47. The SMILES string of the molecule is CC(C)Cc1nnc(NC(=O)[C@@H]2CC(=O)N(c3n[nH]c4cccc(F)c34)C2)s1. The maximum absolute atomic E-state index is 14.2. The Balaban J connectivity index is 1.48. The van der Waals surface area contributed by atoms with Crippen LogP contribution in [0, 0.1) is 17.7 Å². The predicted octanol–water partition coefficient (Wildman–Crippen LogP) is 2.74. The molecule has 0 saturated carbocycles. The minimum atomic E-state index is -0.566. The molecule has 1 aromatic carbocycles. The molecule has 146 valence electrons. The van der Waals surface area contributed by atoms with Crippen molar-refractivity contribution < 1.29 is 14.0 Å². The van der Waals surface area contributed by atoms with E-state index in [2.05, 4.69) is 39.6 Å². The van der Waals surface area contributed by atoms with E-state index in [1.54, 1.807) is 12.1 Å². The van der Waals surface area contributed by atoms with Gasteiger partial charge in [0.05, 0.1) is 16.8 Å². The van der Waals surface area contributed by atoms with E-state index in [9.17, 15) is 14.0 Å². The maximum atomic E-state index is 14.2. The number of fused-ring (bicyclic) bond motifs is 1. The topological polar surface area (TPSA) is 104 Å². The van der Waals surface area contributed by atoms with E-state index in [1.165, 1.54) is 22.3 Å². The highest BCUT2D eigenvalue weighted by molar-refractivity contribution is 7.15. The molecular formula is C18H19FN6O2S. The third-order valence-electron chi connectivity index (χ3n) is 4.55. The second-order valence-corrected chi connectivity index (χ2v) is 8.27. The van der Waals surface area contributed by atoms with Gasteiger partial charge >= 0.3 is 0 Å². The summed E-state index contributed by atoms with van der Waals surface area (Å²) >= 11 is 1.33. The predicted molar refractivity (Wildman–Crippen MR) is 104 cm³/mol. The molecule has 28 heavy (non-hydrogen) atoms. The van der Waals surface area contributed by atoms with Gasteiger partial charge in [0.1, 0.15) is 10.8 Å². The molecule has 4 rings (SSSR count). The molecule has 0 aliphatic carbocycles. The van der Waals surface area contributed by atoms with E-state index in [-0.39, 0.29) is 36.0 Å². The lowest BCUT2D eigenvalue weighted by atomic mass is 10.1. The lowest BCUT2D eigenvalue weighted by molar-refractivity contribution is -0.122. The summed E-state index contributed by atoms with van der Waals surface area (Å²) < 4.78 is 14.2. The Hall–Kier alpha value is -2.88. The van der Waals surface area contributed by atoms with Gasteiger partial charge in [-0.15, -0.1) is 10.2 Å². The Bertz CT molecular complexity index is 1050. The molecule has 1 saturated heterocycles. The van der Waals surface area contributed by atoms with Crippen molar-refractivity contribution in [2.24, 2.45) is 11.8 Å². The molecule has 8 nitrogen and oxygen atoms in total. The summed E-state index contributed by atoms with van der Waals surface area (Å²) in [6.45, 7) is 4.30. The van der Waals surface area contributed by atoms with Crippen molar-refractivity contribution in [1.82, 2.24) is 20.4 Å². The molecule has 1 aliphatic heterocycles. The van der Waals surface area contributed by atoms with E-state index in [0.29, 0.717) is 16.6 Å². The van der Waals surface area contributed by atoms with Crippen LogP contribution in [-0.4, -0.2) is 38.8 Å². The van der Waals surface area contributed by atoms with Gasteiger partial charge in [0, 0.05) is 19.4 Å². The van der Waals surface area contributed by atoms with Crippen LogP contribution < -0.4 is 10.2 Å². The summed E-state index contributed by atoms with van der Waals surface area (Å²) in [5.41, 5.74) is 0.502. The van der Waals surface area contributed by atoms with Crippen molar-refractivity contribution in [3.8, 4) is 0 Å². The molecule has 1 aliphatic rings. The Labute approximate surface area is 164 Å². The summed E-state index contributed by atoms with van der Waals surface area (Å²) in [6, 6.07) is 4.57. The van der Waals surface area contributed by atoms with Gasteiger partial charge in [-0.3, -0.25) is 19.6 Å². The number of halogens is 1. The normalized spacial score (nSPS) is 17.1. The number of carbonyl (C=O) groups is 2. The number of benzene rings is 1. The van der Waals surface area contributed by atoms with E-state index in [4.69, 9.17) is 0 Å². The Morgan fingerprint density at radius 1 is 1.43 bits per heavy atom. The van der Waals surface area contributed by atoms with Gasteiger partial charge in [-0.05, 0) is 18.1 Å². The average Bonchev–Trinajstić information content (AvgIpc) is 3.33. The Kier molecular flexibility index (Phi) is 4.80. The second kappa shape index (κ2) is 7.27. The van der Waals surface area contributed by atoms with Crippen LogP contribution in [0.3, 0.4) is 0 Å². The molecule has 1 fully saturated rings. The van der Waals surface area contributed by atoms with Gasteiger partial charge in [-0.1, -0.05) is 31.3 Å². The molecule has 10 heteroatoms. The summed E-state index contributed by atoms with van der Waals surface area (Å²) in [6.07, 6.45) is 0.827. The molecule has 0 radical (unpaired) electrons. The molecule has 2 N–H and O–H groups in total. The first-order valence-electron chi connectivity index (χ1n) is 8.98. The molecule has 1 atom stereocenters. The van der Waals surface area contributed by atoms with Crippen molar-refractivity contribution >= 4 is 45.0 Å². The minimum absolute atomic E-state index is 0.0340. The zero-order valence-corrected chi connectivity index (χ0v) is 16.2. The average molecular weight is 402 g/mol. The Morgan fingerprint density at radius 2 is 2.25 bits per heavy atom. The highest BCUT2D eigenvalue weighted by atomic mass is 32.1. The van der Waals surface area contributed by atoms with Crippen molar-refractivity contribution in [2.45, 2.75) is 26.7 Å². The van der Waals surface area contributed by atoms with Crippen LogP contribution in [-0.2, 0) is 16.0 Å². The molecular weight excluding hydrogens is 383 g/mol. The highest BCUT2D eigenvalue weighted by Gasteiger charge is 2.37. The monoisotopic (exact) mass is 402 g/mol. The fourth-order valence-electron chi connectivity index (χ4n) is 3.24. The minimum Gasteiger partial charge on any atom is -0.300 e. The number of carbonyl (C=O) groups excluding carboxylic acids is 2. The quantitative estimate of drug-likeness (QED) is 0.683. The van der Waals surface area contributed by atoms with Crippen molar-refractivity contribution in [1.29, 1.82) is 0 Å². The van der Waals surface area contributed by atoms with Crippen molar-refractivity contribution in [2.75, 3.05) is 16.8 Å². The van der Waals surface area contributed by atoms with Gasteiger partial charge in [0.15, 0.2) is 5.82 Å². The number of anilines is 2. The van der Waals surface area contributed by atoms with Gasteiger partial charge in [0.25, 0.3) is 0 Å². The summed E-state index contributed by atoms with van der Waals surface area (Å²) in [5, 5.41) is 19.1. The van der Waals surface area contributed by atoms with Crippen LogP contribution in [0.1, 0.15) is 25.3 Å². The lowest BCUT2D eigenvalue weighted by Gasteiger charge is -2.14. The summed E-state index contributed by atoms with van der Waals surface area (Å²) in [4.78, 5) is 26.4. The first-order chi connectivity index (χ1) is 13.4. The van der Waals surface area contributed by atoms with E-state index in [1.807, 2.05) is 0 Å². The summed E-state index contributed by atoms with van der Waals surface area (Å²) in [5.74, 6) is -0.944. The van der Waals surface area contributed by atoms with Crippen LogP contribution in [0.25, 0.3) is 10.9 Å². The van der Waals surface area contributed by atoms with Crippen molar-refractivity contribution in [3.63, 3.8) is 0 Å². The first kappa shape index (κ1) is 18.5. The van der Waals surface area contributed by atoms with Crippen LogP contribution in [0.4, 0.5) is 15.3 Å². The van der Waals surface area contributed by atoms with E-state index < -0.39 is 11.7 Å². The molecule has 2 aromatic heterocycles. The van der Waals surface area contributed by atoms with Crippen LogP contribution in [0.15, 0.2) is 18.2 Å². The van der Waals surface area contributed by atoms with Gasteiger partial charge in [-0.25, -0.2) is 4.39 Å². The zero-order chi connectivity index (χ0) is 19.8. The second-order valence-electron chi connectivity index (χ2n) is 7.20. The largest absolute Gasteiger partial charge is 0.300 e. The zero-order valence-electron chi connectivity index (χ0n) is 15.4. The molecule has 2 amide bonds. The number of nitrogens with one attached hydrogen (secondary N) is 2. The van der Waals surface area contributed by atoms with E-state index >= 15 is 0 Å². The number of hydrogen-bond acceptors (Lipinski definition) is 6. The number of aromatic amines is 1. The molecule has 3 aromatic rings. The fourth-order valence-corrected chi connectivity index (χ4v) is 4.19. The number of amides is 2. The van der Waals surface area contributed by atoms with Crippen molar-refractivity contribution in [3.05, 3.63) is 29.0 Å². The number of rotatable bonds is 5. The molecule has 0 spiro atoms. The Morgan fingerprint density at radius 3 is 3.04 bits per heavy atom. The maximum Gasteiger partial charge on any atom is 0.231 e. The standard InChI is InChI=1S/C18H19FN6O2S/c1-9(2)6-13-22-24-18(28-13)20-17(27)10-7-14(26)25(8-10)16-15-11(19)4-3-5-12(15)21-23-16/h3-5,9-10H,6-8H2,1-2H3,(H,21,23)(H,20,24,27)/t10-/m1/s1. The van der Waals surface area contributed by atoms with Crippen LogP contribution in [0.2, 0.25) is 0 Å². The summed E-state index contributed by atoms with van der Waals surface area (Å²) in [7, 11) is 0. The van der Waals surface area contributed by atoms with Gasteiger partial charge < -0.3 is 5.32 Å². The molecule has 0 unspecified atom stereocenters. The molecule has 0 bridgehead atoms. The van der Waals surface area contributed by atoms with Crippen LogP contribution >= 0.6 is 11.3 Å². The number of H-pyrrole nitrogens is 1. The van der Waals surface area contributed by atoms with Gasteiger partial charge in [-0.2, -0.15) is 5.10 Å². The van der Waals surface area contributed by atoms with Crippen LogP contribution in [0.5, 0.6) is 0 Å². The third-order valence-corrected chi connectivity index (χ3v) is 5.41. The fraction of sp³-hybridized carbons (Fsp3) is 0.389. The highest BCUT2D eigenvalue weighted by Crippen LogP contribution is 2.32. The lowest BCUT2D eigenvalue weighted by Crippen LogP contribution is -2.28. The smallest absolute Gasteiger partial charge is 0.231 e. The number of hydrogen-bond donors (Lipinski definition) is 2. The van der Waals surface area contributed by atoms with Gasteiger partial charge in [0.2, 0.25) is 16.9 Å². The molecule has 3 heterocycles. The van der Waals surface area contributed by atoms with E-state index in [0.717, 1.165) is 11.4 Å².